The van der Waals surface area contributed by atoms with E-state index in [1.807, 2.05) is 0 Å². The molecule has 0 unspecified atom stereocenters. The van der Waals surface area contributed by atoms with Gasteiger partial charge < -0.3 is 9.47 Å². The van der Waals surface area contributed by atoms with Gasteiger partial charge in [-0.1, -0.05) is 11.6 Å². The molecule has 0 saturated heterocycles. The number of hydrogen-bond donors (Lipinski definition) is 0. The molecule has 0 radical (unpaired) electrons. The molecule has 2 aromatic rings. The molecule has 0 fully saturated rings. The van der Waals surface area contributed by atoms with Crippen LogP contribution in [0.4, 0.5) is 0 Å². The van der Waals surface area contributed by atoms with Crippen LogP contribution in [0.15, 0.2) is 25.8 Å². The first kappa shape index (κ1) is 15.3. The summed E-state index contributed by atoms with van der Waals surface area (Å²) in [5.41, 5.74) is 0.982. The molecule has 3 rings (SSSR count). The Kier molecular flexibility index (Phi) is 4.59. The molecule has 0 spiro atoms. The van der Waals surface area contributed by atoms with E-state index in [9.17, 15) is 4.79 Å². The van der Waals surface area contributed by atoms with Crippen molar-refractivity contribution in [2.75, 3.05) is 13.2 Å². The fraction of sp³-hybridized carbons (Fsp3) is 0.214. The molecule has 1 aliphatic heterocycles. The molecule has 0 atom stereocenters. The number of thiophene rings is 1. The summed E-state index contributed by atoms with van der Waals surface area (Å²) in [4.78, 5) is 12.6. The van der Waals surface area contributed by atoms with Gasteiger partial charge >= 0.3 is 0 Å². The Morgan fingerprint density at radius 3 is 2.38 bits per heavy atom. The van der Waals surface area contributed by atoms with E-state index in [1.165, 1.54) is 11.3 Å². The van der Waals surface area contributed by atoms with Crippen LogP contribution in [-0.2, 0) is 0 Å². The van der Waals surface area contributed by atoms with Gasteiger partial charge in [-0.05, 0) is 44.0 Å². The number of halogens is 3. The number of fused-ring (bicyclic) bond motifs is 1. The van der Waals surface area contributed by atoms with Gasteiger partial charge in [-0.25, -0.2) is 0 Å². The van der Waals surface area contributed by atoms with Gasteiger partial charge in [0, 0.05) is 23.6 Å². The van der Waals surface area contributed by atoms with Crippen LogP contribution in [0.3, 0.4) is 0 Å². The van der Waals surface area contributed by atoms with E-state index >= 15 is 0 Å². The van der Waals surface area contributed by atoms with Crippen molar-refractivity contribution in [2.45, 2.75) is 6.42 Å². The maximum absolute atomic E-state index is 12.6. The minimum absolute atomic E-state index is 0.149. The Morgan fingerprint density at radius 1 is 1.10 bits per heavy atom. The average Bonchev–Trinajstić information content (AvgIpc) is 2.64. The van der Waals surface area contributed by atoms with Crippen molar-refractivity contribution in [3.63, 3.8) is 0 Å². The molecular weight excluding hydrogens is 443 g/mol. The molecule has 3 nitrogen and oxygen atoms in total. The van der Waals surface area contributed by atoms with E-state index in [2.05, 4.69) is 31.9 Å². The van der Waals surface area contributed by atoms with Gasteiger partial charge in [0.25, 0.3) is 0 Å². The zero-order valence-electron chi connectivity index (χ0n) is 10.6. The Bertz CT molecular complexity index is 714. The van der Waals surface area contributed by atoms with Gasteiger partial charge in [-0.2, -0.15) is 0 Å². The number of hydrogen-bond acceptors (Lipinski definition) is 4. The predicted octanol–water partition coefficient (Wildman–Crippen LogP) is 5.32. The lowest BCUT2D eigenvalue weighted by Crippen LogP contribution is -2.03. The van der Waals surface area contributed by atoms with Crippen LogP contribution in [0.1, 0.15) is 22.3 Å². The predicted molar refractivity (Wildman–Crippen MR) is 90.2 cm³/mol. The van der Waals surface area contributed by atoms with Crippen LogP contribution in [-0.4, -0.2) is 19.0 Å². The highest BCUT2D eigenvalue weighted by molar-refractivity contribution is 9.12. The number of ketones is 1. The van der Waals surface area contributed by atoms with Crippen LogP contribution in [0.5, 0.6) is 11.5 Å². The summed E-state index contributed by atoms with van der Waals surface area (Å²) in [7, 11) is 0. The second-order valence-electron chi connectivity index (χ2n) is 4.40. The Hall–Kier alpha value is -0.560. The fourth-order valence-corrected chi connectivity index (χ4v) is 5.03. The van der Waals surface area contributed by atoms with E-state index < -0.39 is 0 Å². The fourth-order valence-electron chi connectivity index (χ4n) is 2.00. The van der Waals surface area contributed by atoms with Gasteiger partial charge in [0.05, 0.1) is 25.8 Å². The summed E-state index contributed by atoms with van der Waals surface area (Å²) < 4.78 is 12.8. The van der Waals surface area contributed by atoms with Gasteiger partial charge in [0.2, 0.25) is 0 Å². The standard InChI is InChI=1S/C14H9Br2ClO3S/c15-12-5-8(14(16)21-12)13(18)7-4-10-11(6-9(7)17)20-3-1-2-19-10/h4-6H,1-3H2. The van der Waals surface area contributed by atoms with Crippen molar-refractivity contribution in [1.82, 2.24) is 0 Å². The van der Waals surface area contributed by atoms with Gasteiger partial charge in [0.1, 0.15) is 0 Å². The van der Waals surface area contributed by atoms with Gasteiger partial charge in [0.15, 0.2) is 17.3 Å². The minimum atomic E-state index is -0.149. The molecule has 0 aliphatic carbocycles. The lowest BCUT2D eigenvalue weighted by Gasteiger charge is -2.10. The molecule has 1 aliphatic rings. The summed E-state index contributed by atoms with van der Waals surface area (Å²) >= 11 is 14.4. The van der Waals surface area contributed by atoms with E-state index in [0.29, 0.717) is 40.9 Å². The number of benzene rings is 1. The first-order valence-electron chi connectivity index (χ1n) is 6.15. The van der Waals surface area contributed by atoms with E-state index in [1.54, 1.807) is 18.2 Å². The molecule has 2 heterocycles. The first-order valence-corrected chi connectivity index (χ1v) is 8.93. The maximum atomic E-state index is 12.6. The molecular formula is C14H9Br2ClO3S. The number of carbonyl (C=O) groups is 1. The van der Waals surface area contributed by atoms with Crippen LogP contribution in [0.25, 0.3) is 0 Å². The summed E-state index contributed by atoms with van der Waals surface area (Å²) in [6.07, 6.45) is 0.804. The summed E-state index contributed by atoms with van der Waals surface area (Å²) in [5.74, 6) is 0.995. The Morgan fingerprint density at radius 2 is 1.76 bits per heavy atom. The lowest BCUT2D eigenvalue weighted by molar-refractivity contribution is 0.103. The maximum Gasteiger partial charge on any atom is 0.196 e. The van der Waals surface area contributed by atoms with Crippen molar-refractivity contribution in [2.24, 2.45) is 0 Å². The molecule has 0 bridgehead atoms. The van der Waals surface area contributed by atoms with Gasteiger partial charge in [-0.3, -0.25) is 4.79 Å². The topological polar surface area (TPSA) is 35.5 Å². The van der Waals surface area contributed by atoms with Crippen molar-refractivity contribution in [3.8, 4) is 11.5 Å². The highest BCUT2D eigenvalue weighted by Crippen LogP contribution is 2.38. The van der Waals surface area contributed by atoms with E-state index in [0.717, 1.165) is 14.0 Å². The molecule has 7 heteroatoms. The second-order valence-corrected chi connectivity index (χ2v) is 8.55. The Balaban J connectivity index is 2.04. The molecule has 0 amide bonds. The quantitative estimate of drug-likeness (QED) is 0.579. The van der Waals surface area contributed by atoms with Crippen LogP contribution < -0.4 is 9.47 Å². The number of rotatable bonds is 2. The number of ether oxygens (including phenoxy) is 2. The third-order valence-electron chi connectivity index (χ3n) is 2.98. The summed E-state index contributed by atoms with van der Waals surface area (Å²) in [5, 5.41) is 0.360. The Labute approximate surface area is 147 Å². The third kappa shape index (κ3) is 3.13. The molecule has 1 aromatic carbocycles. The smallest absolute Gasteiger partial charge is 0.196 e. The monoisotopic (exact) mass is 450 g/mol. The van der Waals surface area contributed by atoms with Crippen LogP contribution in [0, 0.1) is 0 Å². The molecule has 110 valence electrons. The van der Waals surface area contributed by atoms with Crippen molar-refractivity contribution in [3.05, 3.63) is 41.9 Å². The van der Waals surface area contributed by atoms with Crippen molar-refractivity contribution < 1.29 is 14.3 Å². The second kappa shape index (κ2) is 6.28. The summed E-state index contributed by atoms with van der Waals surface area (Å²) in [6, 6.07) is 5.07. The van der Waals surface area contributed by atoms with Crippen LogP contribution in [0.2, 0.25) is 5.02 Å². The minimum Gasteiger partial charge on any atom is -0.490 e. The average molecular weight is 453 g/mol. The van der Waals surface area contributed by atoms with Crippen molar-refractivity contribution in [1.29, 1.82) is 0 Å². The summed E-state index contributed by atoms with van der Waals surface area (Å²) in [6.45, 7) is 1.15. The van der Waals surface area contributed by atoms with E-state index in [-0.39, 0.29) is 5.78 Å². The first-order chi connectivity index (χ1) is 10.1. The largest absolute Gasteiger partial charge is 0.490 e. The number of carbonyl (C=O) groups excluding carboxylic acids is 1. The zero-order valence-corrected chi connectivity index (χ0v) is 15.4. The van der Waals surface area contributed by atoms with E-state index in [4.69, 9.17) is 21.1 Å². The molecule has 0 N–H and O–H groups in total. The highest BCUT2D eigenvalue weighted by atomic mass is 79.9. The normalized spacial score (nSPS) is 13.9. The lowest BCUT2D eigenvalue weighted by atomic mass is 10.1. The third-order valence-corrected chi connectivity index (χ3v) is 5.64. The molecule has 0 saturated carbocycles. The molecule has 21 heavy (non-hydrogen) atoms. The van der Waals surface area contributed by atoms with Gasteiger partial charge in [-0.15, -0.1) is 11.3 Å². The SMILES string of the molecule is O=C(c1cc2c(cc1Cl)OCCCO2)c1cc(Br)sc1Br. The molecule has 1 aromatic heterocycles. The zero-order chi connectivity index (χ0) is 15.0. The van der Waals surface area contributed by atoms with Crippen LogP contribution >= 0.6 is 54.8 Å². The van der Waals surface area contributed by atoms with Crippen molar-refractivity contribution >= 4 is 60.6 Å². The highest BCUT2D eigenvalue weighted by Gasteiger charge is 2.22.